The van der Waals surface area contributed by atoms with Gasteiger partial charge >= 0.3 is 6.03 Å². The van der Waals surface area contributed by atoms with Crippen LogP contribution in [0.5, 0.6) is 0 Å². The van der Waals surface area contributed by atoms with Crippen molar-refractivity contribution in [2.75, 3.05) is 26.2 Å². The number of halogens is 2. The molecule has 40 heavy (non-hydrogen) atoms. The van der Waals surface area contributed by atoms with E-state index in [0.29, 0.717) is 25.1 Å². The summed E-state index contributed by atoms with van der Waals surface area (Å²) in [6, 6.07) is 11.0. The van der Waals surface area contributed by atoms with Crippen LogP contribution in [0.4, 0.5) is 13.6 Å². The Balaban J connectivity index is 1.45. The lowest BCUT2D eigenvalue weighted by Crippen LogP contribution is -2.63. The van der Waals surface area contributed by atoms with E-state index in [1.165, 1.54) is 15.9 Å². The molecule has 1 aliphatic carbocycles. The Morgan fingerprint density at radius 3 is 2.60 bits per heavy atom. The number of nitrogens with zero attached hydrogens (tertiary/aromatic N) is 4. The number of rotatable bonds is 8. The lowest BCUT2D eigenvalue weighted by atomic mass is 10.00. The Kier molecular flexibility index (Phi) is 8.25. The molecule has 2 saturated heterocycles. The van der Waals surface area contributed by atoms with Crippen molar-refractivity contribution >= 4 is 17.8 Å². The molecule has 2 aliphatic heterocycles. The molecular weight excluding hydrogens is 516 g/mol. The van der Waals surface area contributed by atoms with Gasteiger partial charge in [0.15, 0.2) is 0 Å². The van der Waals surface area contributed by atoms with Gasteiger partial charge in [-0.1, -0.05) is 61.5 Å². The zero-order chi connectivity index (χ0) is 28.2. The monoisotopic (exact) mass is 549 g/mol. The first-order valence-corrected chi connectivity index (χ1v) is 13.6. The van der Waals surface area contributed by atoms with Crippen molar-refractivity contribution in [2.45, 2.75) is 44.9 Å². The van der Waals surface area contributed by atoms with Gasteiger partial charge < -0.3 is 15.1 Å². The summed E-state index contributed by atoms with van der Waals surface area (Å²) in [4.78, 5) is 43.8. The zero-order valence-electron chi connectivity index (χ0n) is 22.4. The number of piperazine rings is 1. The molecule has 0 radical (unpaired) electrons. The Morgan fingerprint density at radius 1 is 1.10 bits per heavy atom. The van der Waals surface area contributed by atoms with Gasteiger partial charge in [-0.2, -0.15) is 5.01 Å². The lowest BCUT2D eigenvalue weighted by molar-refractivity contribution is -0.158. The Morgan fingerprint density at radius 2 is 1.90 bits per heavy atom. The van der Waals surface area contributed by atoms with E-state index in [2.05, 4.69) is 17.5 Å². The summed E-state index contributed by atoms with van der Waals surface area (Å²) in [5.74, 6) is -2.08. The first-order valence-electron chi connectivity index (χ1n) is 13.6. The number of benzene rings is 2. The molecule has 0 unspecified atom stereocenters. The maximum Gasteiger partial charge on any atom is 0.332 e. The summed E-state index contributed by atoms with van der Waals surface area (Å²) in [7, 11) is 0. The molecule has 0 spiro atoms. The first kappa shape index (κ1) is 27.5. The highest BCUT2D eigenvalue weighted by molar-refractivity contribution is 5.92. The molecule has 2 fully saturated rings. The van der Waals surface area contributed by atoms with Gasteiger partial charge in [0, 0.05) is 31.3 Å². The minimum absolute atomic E-state index is 0.0616. The third-order valence-corrected chi connectivity index (χ3v) is 7.44. The number of hydrazine groups is 1. The van der Waals surface area contributed by atoms with Crippen LogP contribution in [0.25, 0.3) is 0 Å². The highest BCUT2D eigenvalue weighted by Gasteiger charge is 2.52. The van der Waals surface area contributed by atoms with Crippen LogP contribution in [0, 0.1) is 11.6 Å². The van der Waals surface area contributed by atoms with Crippen LogP contribution in [-0.4, -0.2) is 70.0 Å². The summed E-state index contributed by atoms with van der Waals surface area (Å²) in [5.41, 5.74) is 1.82. The van der Waals surface area contributed by atoms with E-state index >= 15 is 0 Å². The number of amides is 4. The number of hydrogen-bond donors (Lipinski definition) is 1. The highest BCUT2D eigenvalue weighted by Crippen LogP contribution is 2.36. The number of carbonyl (C=O) groups is 3. The van der Waals surface area contributed by atoms with Gasteiger partial charge in [0.25, 0.3) is 5.91 Å². The standard InChI is InChI=1S/C30H33F2N5O3/c1-2-15-35(30(40)33-17-21-9-5-3-6-10-21)36-20-27(38)37-26(36)19-34(18-23-13-14-24(31)16-25(23)32)29(39)28(37)22-11-7-4-8-12-22/h4-5,7-14,16,26,28H,2-3,6,15,17-20H2,1H3,(H,33,40)/t26-,28+/m1/s1. The molecular formula is C30H33F2N5O3. The highest BCUT2D eigenvalue weighted by atomic mass is 19.1. The number of allylic oxidation sites excluding steroid dienone is 2. The minimum Gasteiger partial charge on any atom is -0.333 e. The quantitative estimate of drug-likeness (QED) is 0.537. The van der Waals surface area contributed by atoms with Crippen molar-refractivity contribution in [3.8, 4) is 0 Å². The molecule has 10 heteroatoms. The van der Waals surface area contributed by atoms with Crippen LogP contribution in [0.1, 0.15) is 43.4 Å². The van der Waals surface area contributed by atoms with Crippen molar-refractivity contribution in [3.63, 3.8) is 0 Å². The van der Waals surface area contributed by atoms with E-state index in [9.17, 15) is 23.2 Å². The van der Waals surface area contributed by atoms with E-state index in [1.54, 1.807) is 34.3 Å². The summed E-state index contributed by atoms with van der Waals surface area (Å²) in [5, 5.41) is 6.23. The Bertz CT molecular complexity index is 1330. The predicted octanol–water partition coefficient (Wildman–Crippen LogP) is 4.13. The van der Waals surface area contributed by atoms with Crippen molar-refractivity contribution in [1.82, 2.24) is 25.1 Å². The molecule has 0 bridgehead atoms. The normalized spacial score (nSPS) is 20.9. The van der Waals surface area contributed by atoms with Crippen molar-refractivity contribution in [2.24, 2.45) is 0 Å². The predicted molar refractivity (Wildman–Crippen MR) is 145 cm³/mol. The van der Waals surface area contributed by atoms with E-state index < -0.39 is 23.8 Å². The number of carbonyl (C=O) groups excluding carboxylic acids is 3. The molecule has 2 aromatic rings. The molecule has 2 heterocycles. The van der Waals surface area contributed by atoms with Crippen molar-refractivity contribution in [3.05, 3.63) is 95.1 Å². The number of urea groups is 1. The second kappa shape index (κ2) is 12.0. The largest absolute Gasteiger partial charge is 0.333 e. The molecule has 8 nitrogen and oxygen atoms in total. The van der Waals surface area contributed by atoms with E-state index in [4.69, 9.17) is 0 Å². The maximum absolute atomic E-state index is 14.6. The SMILES string of the molecule is CCCN(C(=O)NCC1=CCCC=C1)N1CC(=O)N2[C@@H](c3ccccc3)C(=O)N(Cc3ccc(F)cc3F)C[C@@H]21. The Hall–Kier alpha value is -4.05. The van der Waals surface area contributed by atoms with Crippen LogP contribution in [0.15, 0.2) is 72.3 Å². The Labute approximate surface area is 232 Å². The fourth-order valence-electron chi connectivity index (χ4n) is 5.52. The summed E-state index contributed by atoms with van der Waals surface area (Å²) >= 11 is 0. The van der Waals surface area contributed by atoms with E-state index in [0.717, 1.165) is 30.5 Å². The van der Waals surface area contributed by atoms with Gasteiger partial charge in [0.1, 0.15) is 23.8 Å². The fraction of sp³-hybridized carbons (Fsp3) is 0.367. The second-order valence-corrected chi connectivity index (χ2v) is 10.2. The molecule has 0 aromatic heterocycles. The molecule has 5 rings (SSSR count). The first-order chi connectivity index (χ1) is 19.4. The van der Waals surface area contributed by atoms with Crippen molar-refractivity contribution < 1.29 is 23.2 Å². The van der Waals surface area contributed by atoms with Crippen LogP contribution in [-0.2, 0) is 16.1 Å². The summed E-state index contributed by atoms with van der Waals surface area (Å²) < 4.78 is 28.2. The summed E-state index contributed by atoms with van der Waals surface area (Å²) in [6.45, 7) is 2.58. The molecule has 4 amide bonds. The zero-order valence-corrected chi connectivity index (χ0v) is 22.4. The van der Waals surface area contributed by atoms with Crippen LogP contribution < -0.4 is 5.32 Å². The van der Waals surface area contributed by atoms with Crippen molar-refractivity contribution in [1.29, 1.82) is 0 Å². The van der Waals surface area contributed by atoms with Crippen LogP contribution >= 0.6 is 0 Å². The average Bonchev–Trinajstić information content (AvgIpc) is 3.28. The number of nitrogens with one attached hydrogen (secondary N) is 1. The summed E-state index contributed by atoms with van der Waals surface area (Å²) in [6.07, 6.45) is 8.07. The fourth-order valence-corrected chi connectivity index (χ4v) is 5.52. The van der Waals surface area contributed by atoms with Gasteiger partial charge in [-0.15, -0.1) is 0 Å². The van der Waals surface area contributed by atoms with Gasteiger partial charge in [-0.05, 0) is 36.5 Å². The minimum atomic E-state index is -0.940. The molecule has 1 N–H and O–H groups in total. The van der Waals surface area contributed by atoms with Crippen LogP contribution in [0.2, 0.25) is 0 Å². The maximum atomic E-state index is 14.6. The van der Waals surface area contributed by atoms with Gasteiger partial charge in [-0.3, -0.25) is 14.6 Å². The average molecular weight is 550 g/mol. The molecule has 0 saturated carbocycles. The third-order valence-electron chi connectivity index (χ3n) is 7.44. The topological polar surface area (TPSA) is 76.2 Å². The van der Waals surface area contributed by atoms with Crippen LogP contribution in [0.3, 0.4) is 0 Å². The molecule has 2 aromatic carbocycles. The second-order valence-electron chi connectivity index (χ2n) is 10.2. The number of fused-ring (bicyclic) bond motifs is 1. The van der Waals surface area contributed by atoms with Gasteiger partial charge in [0.2, 0.25) is 5.91 Å². The smallest absolute Gasteiger partial charge is 0.332 e. The molecule has 3 aliphatic rings. The molecule has 2 atom stereocenters. The lowest BCUT2D eigenvalue weighted by Gasteiger charge is -2.46. The van der Waals surface area contributed by atoms with E-state index in [1.807, 2.05) is 19.1 Å². The van der Waals surface area contributed by atoms with Gasteiger partial charge in [-0.25, -0.2) is 13.6 Å². The van der Waals surface area contributed by atoms with Gasteiger partial charge in [0.05, 0.1) is 13.1 Å². The number of hydrogen-bond acceptors (Lipinski definition) is 4. The van der Waals surface area contributed by atoms with E-state index in [-0.39, 0.29) is 43.0 Å². The molecule has 210 valence electrons. The third kappa shape index (κ3) is 5.62.